The first-order valence-corrected chi connectivity index (χ1v) is 5.15. The first-order chi connectivity index (χ1) is 7.09. The molecule has 0 spiro atoms. The minimum absolute atomic E-state index is 0.0131. The summed E-state index contributed by atoms with van der Waals surface area (Å²) >= 11 is 1.03. The van der Waals surface area contributed by atoms with Crippen molar-refractivity contribution in [2.75, 3.05) is 5.75 Å². The Balaban J connectivity index is 2.71. The third-order valence-corrected chi connectivity index (χ3v) is 2.19. The van der Waals surface area contributed by atoms with E-state index < -0.39 is 11.6 Å². The normalized spacial score (nSPS) is 9.27. The molecule has 0 bridgehead atoms. The van der Waals surface area contributed by atoms with E-state index in [0.717, 1.165) is 30.0 Å². The van der Waals surface area contributed by atoms with Gasteiger partial charge in [0.2, 0.25) is 0 Å². The summed E-state index contributed by atoms with van der Waals surface area (Å²) in [6.45, 7) is 1.43. The van der Waals surface area contributed by atoms with Crippen molar-refractivity contribution in [1.82, 2.24) is 0 Å². The molecule has 0 saturated carbocycles. The largest absolute Gasteiger partial charge is 0.288 e. The van der Waals surface area contributed by atoms with Gasteiger partial charge in [-0.15, -0.1) is 0 Å². The van der Waals surface area contributed by atoms with E-state index in [1.54, 1.807) is 0 Å². The fourth-order valence-electron chi connectivity index (χ4n) is 0.862. The van der Waals surface area contributed by atoms with E-state index in [9.17, 15) is 13.6 Å². The highest BCUT2D eigenvalue weighted by atomic mass is 32.2. The van der Waals surface area contributed by atoms with Gasteiger partial charge in [0.05, 0.1) is 11.3 Å². The maximum absolute atomic E-state index is 13.0. The summed E-state index contributed by atoms with van der Waals surface area (Å²) < 4.78 is 25.7. The lowest BCUT2D eigenvalue weighted by Crippen LogP contribution is -1.86. The van der Waals surface area contributed by atoms with Crippen molar-refractivity contribution >= 4 is 16.9 Å². The molecule has 0 atom stereocenters. The number of hydrogen-bond acceptors (Lipinski definition) is 2. The number of benzene rings is 1. The van der Waals surface area contributed by atoms with E-state index in [4.69, 9.17) is 0 Å². The molecule has 0 fully saturated rings. The van der Waals surface area contributed by atoms with Crippen molar-refractivity contribution < 1.29 is 13.6 Å². The minimum atomic E-state index is -0.559. The Bertz CT molecular complexity index is 432. The van der Waals surface area contributed by atoms with Crippen molar-refractivity contribution in [3.05, 3.63) is 35.4 Å². The van der Waals surface area contributed by atoms with E-state index in [-0.39, 0.29) is 16.4 Å². The van der Waals surface area contributed by atoms with Crippen LogP contribution in [-0.4, -0.2) is 10.9 Å². The number of thioether (sulfide) groups is 1. The van der Waals surface area contributed by atoms with E-state index in [1.807, 2.05) is 0 Å². The van der Waals surface area contributed by atoms with Crippen LogP contribution in [0.4, 0.5) is 8.78 Å². The minimum Gasteiger partial charge on any atom is -0.288 e. The number of halogens is 2. The molecule has 0 aliphatic heterocycles. The van der Waals surface area contributed by atoms with Crippen LogP contribution in [0.25, 0.3) is 0 Å². The average Bonchev–Trinajstić information content (AvgIpc) is 2.17. The Morgan fingerprint density at radius 2 is 2.20 bits per heavy atom. The van der Waals surface area contributed by atoms with Gasteiger partial charge in [0.15, 0.2) is 5.12 Å². The Hall–Kier alpha value is -1.34. The van der Waals surface area contributed by atoms with E-state index in [2.05, 4.69) is 11.8 Å². The third kappa shape index (κ3) is 4.13. The molecule has 1 nitrogen and oxygen atoms in total. The quantitative estimate of drug-likeness (QED) is 0.685. The zero-order chi connectivity index (χ0) is 11.3. The molecule has 1 aromatic rings. The first-order valence-electron chi connectivity index (χ1n) is 4.17. The summed E-state index contributed by atoms with van der Waals surface area (Å²) in [6, 6.07) is 3.09. The highest BCUT2D eigenvalue weighted by Crippen LogP contribution is 2.08. The van der Waals surface area contributed by atoms with Gasteiger partial charge in [0.25, 0.3) is 0 Å². The summed E-state index contributed by atoms with van der Waals surface area (Å²) in [7, 11) is 0. The maximum atomic E-state index is 13.0. The van der Waals surface area contributed by atoms with Crippen LogP contribution in [0.2, 0.25) is 0 Å². The zero-order valence-corrected chi connectivity index (χ0v) is 8.83. The average molecular weight is 226 g/mol. The SMILES string of the molecule is CC(=O)SCC#Cc1cc(F)ccc1F. The molecule has 0 aromatic heterocycles. The van der Waals surface area contributed by atoms with Crippen molar-refractivity contribution in [2.24, 2.45) is 0 Å². The van der Waals surface area contributed by atoms with Gasteiger partial charge < -0.3 is 0 Å². The first kappa shape index (κ1) is 11.7. The Labute approximate surface area is 90.9 Å². The molecule has 0 radical (unpaired) electrons. The second kappa shape index (κ2) is 5.52. The van der Waals surface area contributed by atoms with E-state index >= 15 is 0 Å². The van der Waals surface area contributed by atoms with Crippen LogP contribution in [0.3, 0.4) is 0 Å². The lowest BCUT2D eigenvalue weighted by atomic mass is 10.2. The maximum Gasteiger partial charge on any atom is 0.186 e. The zero-order valence-electron chi connectivity index (χ0n) is 8.01. The highest BCUT2D eigenvalue weighted by molar-refractivity contribution is 8.13. The van der Waals surface area contributed by atoms with Gasteiger partial charge in [-0.3, -0.25) is 4.79 Å². The standard InChI is InChI=1S/C11H8F2OS/c1-8(14)15-6-2-3-9-7-10(12)4-5-11(9)13/h4-5,7H,6H2,1H3. The number of hydrogen-bond donors (Lipinski definition) is 0. The number of rotatable bonds is 1. The molecule has 0 unspecified atom stereocenters. The van der Waals surface area contributed by atoms with Crippen molar-refractivity contribution in [3.8, 4) is 11.8 Å². The molecule has 0 N–H and O–H groups in total. The second-order valence-electron chi connectivity index (χ2n) is 2.71. The van der Waals surface area contributed by atoms with Crippen LogP contribution >= 0.6 is 11.8 Å². The molecular weight excluding hydrogens is 218 g/mol. The molecule has 78 valence electrons. The van der Waals surface area contributed by atoms with Crippen molar-refractivity contribution in [3.63, 3.8) is 0 Å². The Kier molecular flexibility index (Phi) is 4.32. The lowest BCUT2D eigenvalue weighted by Gasteiger charge is -1.93. The Morgan fingerprint density at radius 1 is 1.47 bits per heavy atom. The van der Waals surface area contributed by atoms with Gasteiger partial charge >= 0.3 is 0 Å². The monoisotopic (exact) mass is 226 g/mol. The highest BCUT2D eigenvalue weighted by Gasteiger charge is 1.99. The van der Waals surface area contributed by atoms with Crippen molar-refractivity contribution in [2.45, 2.75) is 6.92 Å². The molecule has 15 heavy (non-hydrogen) atoms. The fraction of sp³-hybridized carbons (Fsp3) is 0.182. The molecule has 0 amide bonds. The third-order valence-electron chi connectivity index (χ3n) is 1.50. The topological polar surface area (TPSA) is 17.1 Å². The molecule has 0 heterocycles. The van der Waals surface area contributed by atoms with Crippen molar-refractivity contribution in [1.29, 1.82) is 0 Å². The molecule has 0 saturated heterocycles. The van der Waals surface area contributed by atoms with Crippen LogP contribution in [0, 0.1) is 23.5 Å². The van der Waals surface area contributed by atoms with Crippen LogP contribution < -0.4 is 0 Å². The molecule has 0 aliphatic carbocycles. The lowest BCUT2D eigenvalue weighted by molar-refractivity contribution is -0.109. The van der Waals surface area contributed by atoms with Crippen LogP contribution in [0.5, 0.6) is 0 Å². The predicted molar refractivity (Wildman–Crippen MR) is 56.4 cm³/mol. The predicted octanol–water partition coefficient (Wildman–Crippen LogP) is 2.60. The number of carbonyl (C=O) groups excluding carboxylic acids is 1. The summed E-state index contributed by atoms with van der Waals surface area (Å²) in [5.74, 6) is 4.25. The second-order valence-corrected chi connectivity index (χ2v) is 3.86. The summed E-state index contributed by atoms with van der Waals surface area (Å²) in [5, 5.41) is -0.0518. The molecule has 4 heteroatoms. The van der Waals surface area contributed by atoms with Crippen LogP contribution in [0.15, 0.2) is 18.2 Å². The smallest absolute Gasteiger partial charge is 0.186 e. The van der Waals surface area contributed by atoms with E-state index in [0.29, 0.717) is 0 Å². The summed E-state index contributed by atoms with van der Waals surface area (Å²) in [6.07, 6.45) is 0. The number of carbonyl (C=O) groups is 1. The van der Waals surface area contributed by atoms with Crippen LogP contribution in [0.1, 0.15) is 12.5 Å². The summed E-state index contributed by atoms with van der Waals surface area (Å²) in [5.41, 5.74) is 0.0131. The van der Waals surface area contributed by atoms with Gasteiger partial charge in [0.1, 0.15) is 11.6 Å². The molecule has 0 aliphatic rings. The van der Waals surface area contributed by atoms with Crippen LogP contribution in [-0.2, 0) is 4.79 Å². The fourth-order valence-corrected chi connectivity index (χ4v) is 1.21. The Morgan fingerprint density at radius 3 is 2.87 bits per heavy atom. The molecule has 1 aromatic carbocycles. The van der Waals surface area contributed by atoms with Gasteiger partial charge in [-0.05, 0) is 18.2 Å². The van der Waals surface area contributed by atoms with Gasteiger partial charge in [-0.25, -0.2) is 8.78 Å². The van der Waals surface area contributed by atoms with Gasteiger partial charge in [-0.1, -0.05) is 23.6 Å². The van der Waals surface area contributed by atoms with E-state index in [1.165, 1.54) is 6.92 Å². The van der Waals surface area contributed by atoms with Gasteiger partial charge in [0, 0.05) is 6.92 Å². The molecular formula is C11H8F2OS. The van der Waals surface area contributed by atoms with Gasteiger partial charge in [-0.2, -0.15) is 0 Å². The summed E-state index contributed by atoms with van der Waals surface area (Å²) in [4.78, 5) is 10.5. The molecule has 1 rings (SSSR count).